The zero-order valence-electron chi connectivity index (χ0n) is 35.2. The Morgan fingerprint density at radius 1 is 0.509 bits per heavy atom. The first-order valence-electron chi connectivity index (χ1n) is 20.4. The summed E-state index contributed by atoms with van der Waals surface area (Å²) >= 11 is 0. The fourth-order valence-corrected chi connectivity index (χ4v) is 6.02. The van der Waals surface area contributed by atoms with Crippen LogP contribution in [0.4, 0.5) is 0 Å². The maximum atomic E-state index is 12.3. The van der Waals surface area contributed by atoms with E-state index in [1.807, 2.05) is 0 Å². The molecule has 1 N–H and O–H groups in total. The van der Waals surface area contributed by atoms with Gasteiger partial charge in [0.05, 0.1) is 12.2 Å². The minimum atomic E-state index is -0.671. The van der Waals surface area contributed by atoms with Crippen molar-refractivity contribution in [1.29, 1.82) is 0 Å². The molecule has 2 aliphatic rings. The first-order chi connectivity index (χ1) is 25.0. The number of carboxylic acids is 1. The average molecular weight is 743 g/mol. The van der Waals surface area contributed by atoms with Gasteiger partial charge in [0.15, 0.2) is 23.1 Å². The van der Waals surface area contributed by atoms with Crippen LogP contribution in [0.3, 0.4) is 0 Å². The number of ketones is 4. The molecule has 0 atom stereocenters. The molecular weight excluding hydrogens is 668 g/mol. The van der Waals surface area contributed by atoms with Gasteiger partial charge in [-0.1, -0.05) is 77.0 Å². The summed E-state index contributed by atoms with van der Waals surface area (Å²) in [7, 11) is 0. The maximum absolute atomic E-state index is 12.3. The Morgan fingerprint density at radius 2 is 0.887 bits per heavy atom. The second-order valence-corrected chi connectivity index (χ2v) is 15.2. The molecule has 2 aliphatic carbocycles. The summed E-state index contributed by atoms with van der Waals surface area (Å²) in [6, 6.07) is 0. The van der Waals surface area contributed by atoms with Crippen molar-refractivity contribution in [3.05, 3.63) is 45.1 Å². The van der Waals surface area contributed by atoms with E-state index >= 15 is 0 Å². The Balaban J connectivity index is 0.000000832. The second kappa shape index (κ2) is 29.4. The molecule has 0 saturated heterocycles. The normalized spacial score (nSPS) is 14.9. The molecule has 0 aliphatic heterocycles. The predicted octanol–water partition coefficient (Wildman–Crippen LogP) is 11.2. The Labute approximate surface area is 322 Å². The van der Waals surface area contributed by atoms with E-state index in [0.717, 1.165) is 63.7 Å². The largest absolute Gasteiger partial charge is 0.481 e. The van der Waals surface area contributed by atoms with Crippen molar-refractivity contribution < 1.29 is 38.6 Å². The Bertz CT molecular complexity index is 1290. The lowest BCUT2D eigenvalue weighted by molar-refractivity contribution is -0.137. The highest BCUT2D eigenvalue weighted by Gasteiger charge is 2.27. The molecule has 8 heteroatoms. The molecule has 53 heavy (non-hydrogen) atoms. The molecule has 2 rings (SSSR count). The Morgan fingerprint density at radius 3 is 1.32 bits per heavy atom. The van der Waals surface area contributed by atoms with Gasteiger partial charge in [-0.2, -0.15) is 0 Å². The minimum absolute atomic E-state index is 0.0119. The summed E-state index contributed by atoms with van der Waals surface area (Å²) in [5.41, 5.74) is 4.35. The molecule has 302 valence electrons. The van der Waals surface area contributed by atoms with E-state index in [-0.39, 0.29) is 23.1 Å². The van der Waals surface area contributed by atoms with Gasteiger partial charge in [0, 0.05) is 58.6 Å². The zero-order chi connectivity index (χ0) is 40.3. The smallest absolute Gasteiger partial charge is 0.303 e. The topological polar surface area (TPSA) is 124 Å². The number of allylic oxidation sites excluding steroid dienone is 8. The number of unbranched alkanes of at least 4 members (excludes halogenated alkanes) is 14. The van der Waals surface area contributed by atoms with Crippen molar-refractivity contribution in [3.8, 4) is 0 Å². The van der Waals surface area contributed by atoms with Crippen LogP contribution < -0.4 is 0 Å². The van der Waals surface area contributed by atoms with Gasteiger partial charge in [0.1, 0.15) is 0 Å². The molecule has 0 heterocycles. The van der Waals surface area contributed by atoms with Gasteiger partial charge in [0.25, 0.3) is 0 Å². The van der Waals surface area contributed by atoms with Crippen LogP contribution in [0.25, 0.3) is 0 Å². The van der Waals surface area contributed by atoms with Crippen LogP contribution in [-0.4, -0.2) is 59.6 Å². The summed E-state index contributed by atoms with van der Waals surface area (Å²) in [6.45, 7) is 20.4. The summed E-state index contributed by atoms with van der Waals surface area (Å²) in [6.07, 6.45) is 22.0. The summed E-state index contributed by atoms with van der Waals surface area (Å²) in [5, 5.41) is 8.46. The fourth-order valence-electron chi connectivity index (χ4n) is 6.02. The maximum Gasteiger partial charge on any atom is 0.303 e. The van der Waals surface area contributed by atoms with Crippen molar-refractivity contribution >= 4 is 29.1 Å². The predicted molar refractivity (Wildman–Crippen MR) is 216 cm³/mol. The number of aliphatic carboxylic acids is 1. The molecule has 0 saturated carbocycles. The lowest BCUT2D eigenvalue weighted by Crippen LogP contribution is -2.20. The van der Waals surface area contributed by atoms with Crippen molar-refractivity contribution in [2.45, 2.75) is 197 Å². The fraction of sp³-hybridized carbons (Fsp3) is 0.711. The SMILES string of the molecule is CC(C)OCCCCCCCCCCC(=O)O.CC1=C(C)C(=O)C(CCCCCCCCCCOC(C)C)=C(C)C1=O.CC1=CC(=O)C(C)=C(C)C1=O. The quantitative estimate of drug-likeness (QED) is 0.0765. The number of hydrogen-bond acceptors (Lipinski definition) is 7. The van der Waals surface area contributed by atoms with Gasteiger partial charge >= 0.3 is 5.97 Å². The van der Waals surface area contributed by atoms with Crippen molar-refractivity contribution in [2.75, 3.05) is 13.2 Å². The molecule has 0 radical (unpaired) electrons. The van der Waals surface area contributed by atoms with Crippen LogP contribution in [0.5, 0.6) is 0 Å². The third-order valence-electron chi connectivity index (χ3n) is 9.80. The van der Waals surface area contributed by atoms with E-state index in [1.165, 1.54) is 70.3 Å². The van der Waals surface area contributed by atoms with E-state index < -0.39 is 5.97 Å². The Hall–Kier alpha value is -2.97. The summed E-state index contributed by atoms with van der Waals surface area (Å²) in [4.78, 5) is 57.0. The number of carboxylic acid groups (broad SMARTS) is 1. The number of ether oxygens (including phenoxy) is 2. The number of carbonyl (C=O) groups is 5. The van der Waals surface area contributed by atoms with Gasteiger partial charge < -0.3 is 14.6 Å². The zero-order valence-corrected chi connectivity index (χ0v) is 35.2. The summed E-state index contributed by atoms with van der Waals surface area (Å²) in [5.74, 6) is -0.594. The summed E-state index contributed by atoms with van der Waals surface area (Å²) < 4.78 is 11.0. The van der Waals surface area contributed by atoms with Gasteiger partial charge in [0.2, 0.25) is 0 Å². The lowest BCUT2D eigenvalue weighted by Gasteiger charge is -2.18. The average Bonchev–Trinajstić information content (AvgIpc) is 3.10. The number of rotatable bonds is 24. The number of carbonyl (C=O) groups excluding carboxylic acids is 4. The van der Waals surface area contributed by atoms with Gasteiger partial charge in [-0.15, -0.1) is 0 Å². The molecule has 0 aromatic rings. The van der Waals surface area contributed by atoms with Gasteiger partial charge in [-0.25, -0.2) is 0 Å². The van der Waals surface area contributed by atoms with E-state index in [4.69, 9.17) is 14.6 Å². The van der Waals surface area contributed by atoms with Crippen LogP contribution >= 0.6 is 0 Å². The highest BCUT2D eigenvalue weighted by molar-refractivity contribution is 6.24. The number of Topliss-reactive ketones (excluding diaryl/α,β-unsaturated/α-hetero) is 3. The molecule has 0 unspecified atom stereocenters. The van der Waals surface area contributed by atoms with Gasteiger partial charge in [-0.05, 0) is 107 Å². The molecule has 8 nitrogen and oxygen atoms in total. The third-order valence-corrected chi connectivity index (χ3v) is 9.80. The molecule has 0 aromatic carbocycles. The van der Waals surface area contributed by atoms with Gasteiger partial charge in [-0.3, -0.25) is 24.0 Å². The molecule has 0 fully saturated rings. The number of hydrogen-bond donors (Lipinski definition) is 1. The van der Waals surface area contributed by atoms with Crippen LogP contribution in [-0.2, 0) is 33.4 Å². The molecule has 0 amide bonds. The molecule has 0 aromatic heterocycles. The van der Waals surface area contributed by atoms with Crippen LogP contribution in [0.2, 0.25) is 0 Å². The molecule has 0 bridgehead atoms. The van der Waals surface area contributed by atoms with Crippen molar-refractivity contribution in [2.24, 2.45) is 0 Å². The Kier molecular flexibility index (Phi) is 27.7. The monoisotopic (exact) mass is 743 g/mol. The van der Waals surface area contributed by atoms with Crippen LogP contribution in [0.1, 0.15) is 185 Å². The highest BCUT2D eigenvalue weighted by Crippen LogP contribution is 2.27. The van der Waals surface area contributed by atoms with Crippen LogP contribution in [0.15, 0.2) is 45.1 Å². The first kappa shape index (κ1) is 50.0. The van der Waals surface area contributed by atoms with Crippen LogP contribution in [0, 0.1) is 0 Å². The standard InChI is InChI=1S/C22H36O3.C14H28O3.C9H10O2/c1-16(2)25-15-13-11-9-7-6-8-10-12-14-20-19(5)21(23)17(3)18(4)22(20)24;1-13(2)17-12-10-8-6-4-3-5-7-9-11-14(15)16;1-5-4-8(10)6(2)7(3)9(5)11/h16H,6-15H2,1-5H3;13H,3-12H2,1-2H3,(H,15,16);4H,1-3H3. The van der Waals surface area contributed by atoms with E-state index in [2.05, 4.69) is 27.7 Å². The lowest BCUT2D eigenvalue weighted by atomic mass is 9.84. The van der Waals surface area contributed by atoms with E-state index in [9.17, 15) is 24.0 Å². The van der Waals surface area contributed by atoms with E-state index in [1.54, 1.807) is 41.5 Å². The van der Waals surface area contributed by atoms with Crippen molar-refractivity contribution in [1.82, 2.24) is 0 Å². The highest BCUT2D eigenvalue weighted by atomic mass is 16.5. The molecule has 0 spiro atoms. The van der Waals surface area contributed by atoms with E-state index in [0.29, 0.717) is 52.1 Å². The minimum Gasteiger partial charge on any atom is -0.481 e. The first-order valence-corrected chi connectivity index (χ1v) is 20.4. The molecular formula is C45H74O8. The van der Waals surface area contributed by atoms with Crippen molar-refractivity contribution in [3.63, 3.8) is 0 Å². The third kappa shape index (κ3) is 22.8. The second-order valence-electron chi connectivity index (χ2n) is 15.2.